The van der Waals surface area contributed by atoms with Crippen LogP contribution < -0.4 is 10.6 Å². The predicted octanol–water partition coefficient (Wildman–Crippen LogP) is 4.91. The van der Waals surface area contributed by atoms with Crippen molar-refractivity contribution in [2.24, 2.45) is 0 Å². The molecule has 2 aromatic heterocycles. The number of nitrogens with zero attached hydrogens (tertiary/aromatic N) is 3. The molecule has 0 bridgehead atoms. The average molecular weight is 409 g/mol. The molecule has 0 unspecified atom stereocenters. The number of carbonyl (C=O) groups excluding carboxylic acids is 1. The molecule has 0 radical (unpaired) electrons. The Morgan fingerprint density at radius 3 is 2.42 bits per heavy atom. The van der Waals surface area contributed by atoms with Crippen LogP contribution in [-0.2, 0) is 0 Å². The Labute approximate surface area is 180 Å². The van der Waals surface area contributed by atoms with Crippen LogP contribution in [0.3, 0.4) is 0 Å². The van der Waals surface area contributed by atoms with Gasteiger partial charge in [0.25, 0.3) is 5.91 Å². The van der Waals surface area contributed by atoms with Gasteiger partial charge in [-0.1, -0.05) is 30.3 Å². The van der Waals surface area contributed by atoms with Gasteiger partial charge in [-0.25, -0.2) is 4.98 Å². The van der Waals surface area contributed by atoms with E-state index in [1.807, 2.05) is 53.0 Å². The highest BCUT2D eigenvalue weighted by molar-refractivity contribution is 5.95. The Balaban J connectivity index is 1.34. The zero-order valence-electron chi connectivity index (χ0n) is 17.1. The van der Waals surface area contributed by atoms with Crippen LogP contribution in [-0.4, -0.2) is 26.5 Å². The monoisotopic (exact) mass is 409 g/mol. The molecule has 2 aromatic carbocycles. The topological polar surface area (TPSA) is 71.3 Å². The fourth-order valence-electron chi connectivity index (χ4n) is 3.77. The van der Waals surface area contributed by atoms with E-state index in [0.29, 0.717) is 17.5 Å². The van der Waals surface area contributed by atoms with Crippen LogP contribution in [0.15, 0.2) is 66.7 Å². The Kier molecular flexibility index (Phi) is 4.23. The lowest BCUT2D eigenvalue weighted by Gasteiger charge is -2.11. The van der Waals surface area contributed by atoms with E-state index in [1.54, 1.807) is 0 Å². The predicted molar refractivity (Wildman–Crippen MR) is 121 cm³/mol. The number of fused-ring (bicyclic) bond motifs is 1. The lowest BCUT2D eigenvalue weighted by atomic mass is 10.1. The van der Waals surface area contributed by atoms with E-state index >= 15 is 0 Å². The maximum atomic E-state index is 12.3. The second kappa shape index (κ2) is 7.23. The molecule has 2 fully saturated rings. The molecular formula is C25H23N5O. The minimum atomic E-state index is -0.00660. The van der Waals surface area contributed by atoms with Crippen molar-refractivity contribution >= 4 is 23.1 Å². The highest BCUT2D eigenvalue weighted by Gasteiger charge is 2.27. The van der Waals surface area contributed by atoms with Crippen LogP contribution in [0, 0.1) is 0 Å². The van der Waals surface area contributed by atoms with Crippen LogP contribution in [0.25, 0.3) is 16.9 Å². The van der Waals surface area contributed by atoms with Crippen molar-refractivity contribution in [3.05, 3.63) is 78.0 Å². The molecule has 154 valence electrons. The standard InChI is InChI=1S/C25H23N5O/c31-25(27-20-12-13-20)18-8-10-19(11-9-18)26-23-14-21(16-4-2-1-3-5-16)28-24-15-22(17-6-7-17)29-30(23)24/h1-5,8-11,14-15,17,20,26H,6-7,12-13H2,(H,27,31). The molecule has 0 atom stereocenters. The van der Waals surface area contributed by atoms with Gasteiger partial charge in [-0.2, -0.15) is 9.61 Å². The van der Waals surface area contributed by atoms with E-state index in [0.717, 1.165) is 46.9 Å². The van der Waals surface area contributed by atoms with Gasteiger partial charge in [0, 0.05) is 40.9 Å². The normalized spacial score (nSPS) is 15.7. The summed E-state index contributed by atoms with van der Waals surface area (Å²) >= 11 is 0. The lowest BCUT2D eigenvalue weighted by Crippen LogP contribution is -2.25. The second-order valence-electron chi connectivity index (χ2n) is 8.46. The van der Waals surface area contributed by atoms with Crippen LogP contribution in [0.1, 0.15) is 47.7 Å². The molecule has 31 heavy (non-hydrogen) atoms. The van der Waals surface area contributed by atoms with E-state index in [4.69, 9.17) is 10.1 Å². The molecule has 4 aromatic rings. The van der Waals surface area contributed by atoms with Crippen molar-refractivity contribution < 1.29 is 4.79 Å². The first kappa shape index (κ1) is 18.1. The Morgan fingerprint density at radius 2 is 1.71 bits per heavy atom. The summed E-state index contributed by atoms with van der Waals surface area (Å²) in [6.45, 7) is 0. The summed E-state index contributed by atoms with van der Waals surface area (Å²) in [5, 5.41) is 11.3. The largest absolute Gasteiger partial charge is 0.349 e. The summed E-state index contributed by atoms with van der Waals surface area (Å²) in [6, 6.07) is 22.2. The minimum absolute atomic E-state index is 0.00660. The zero-order valence-corrected chi connectivity index (χ0v) is 17.1. The van der Waals surface area contributed by atoms with Gasteiger partial charge < -0.3 is 10.6 Å². The third-order valence-corrected chi connectivity index (χ3v) is 5.84. The molecule has 2 saturated carbocycles. The van der Waals surface area contributed by atoms with E-state index in [1.165, 1.54) is 12.8 Å². The van der Waals surface area contributed by atoms with Crippen molar-refractivity contribution in [1.82, 2.24) is 19.9 Å². The molecule has 0 saturated heterocycles. The molecule has 2 aliphatic carbocycles. The summed E-state index contributed by atoms with van der Waals surface area (Å²) in [6.07, 6.45) is 4.56. The quantitative estimate of drug-likeness (QED) is 0.475. The number of rotatable bonds is 6. The van der Waals surface area contributed by atoms with Crippen LogP contribution in [0.2, 0.25) is 0 Å². The molecule has 2 heterocycles. The summed E-state index contributed by atoms with van der Waals surface area (Å²) in [4.78, 5) is 17.1. The number of hydrogen-bond acceptors (Lipinski definition) is 4. The highest BCUT2D eigenvalue weighted by Crippen LogP contribution is 2.40. The third kappa shape index (κ3) is 3.77. The molecule has 0 spiro atoms. The number of carbonyl (C=O) groups is 1. The Morgan fingerprint density at radius 1 is 0.935 bits per heavy atom. The maximum absolute atomic E-state index is 12.3. The summed E-state index contributed by atoms with van der Waals surface area (Å²) in [5.74, 6) is 1.40. The van der Waals surface area contributed by atoms with Gasteiger partial charge in [0.15, 0.2) is 5.65 Å². The lowest BCUT2D eigenvalue weighted by molar-refractivity contribution is 0.0951. The fraction of sp³-hybridized carbons (Fsp3) is 0.240. The first-order valence-electron chi connectivity index (χ1n) is 10.9. The number of amides is 1. The molecule has 6 nitrogen and oxygen atoms in total. The molecule has 0 aliphatic heterocycles. The molecule has 6 heteroatoms. The first-order valence-corrected chi connectivity index (χ1v) is 10.9. The summed E-state index contributed by atoms with van der Waals surface area (Å²) in [7, 11) is 0. The van der Waals surface area contributed by atoms with Gasteiger partial charge in [0.2, 0.25) is 0 Å². The molecule has 2 aliphatic rings. The third-order valence-electron chi connectivity index (χ3n) is 5.84. The number of benzene rings is 2. The smallest absolute Gasteiger partial charge is 0.251 e. The van der Waals surface area contributed by atoms with Crippen molar-refractivity contribution in [1.29, 1.82) is 0 Å². The van der Waals surface area contributed by atoms with Gasteiger partial charge in [-0.05, 0) is 49.9 Å². The van der Waals surface area contributed by atoms with Crippen molar-refractivity contribution in [2.45, 2.75) is 37.6 Å². The first-order chi connectivity index (χ1) is 15.2. The summed E-state index contributed by atoms with van der Waals surface area (Å²) in [5.41, 5.74) is 5.49. The maximum Gasteiger partial charge on any atom is 0.251 e. The van der Waals surface area contributed by atoms with Crippen molar-refractivity contribution in [3.8, 4) is 11.3 Å². The van der Waals surface area contributed by atoms with Gasteiger partial charge >= 0.3 is 0 Å². The van der Waals surface area contributed by atoms with E-state index in [-0.39, 0.29) is 5.91 Å². The second-order valence-corrected chi connectivity index (χ2v) is 8.46. The van der Waals surface area contributed by atoms with Gasteiger partial charge in [-0.3, -0.25) is 4.79 Å². The highest BCUT2D eigenvalue weighted by atomic mass is 16.1. The number of aromatic nitrogens is 3. The van der Waals surface area contributed by atoms with Gasteiger partial charge in [-0.15, -0.1) is 0 Å². The van der Waals surface area contributed by atoms with Crippen molar-refractivity contribution in [2.75, 3.05) is 5.32 Å². The molecule has 1 amide bonds. The SMILES string of the molecule is O=C(NC1CC1)c1ccc(Nc2cc(-c3ccccc3)nc3cc(C4CC4)nn23)cc1. The van der Waals surface area contributed by atoms with E-state index in [9.17, 15) is 4.79 Å². The molecule has 6 rings (SSSR count). The Bertz CT molecular complexity index is 1250. The number of hydrogen-bond donors (Lipinski definition) is 2. The summed E-state index contributed by atoms with van der Waals surface area (Å²) < 4.78 is 1.88. The Hall–Kier alpha value is -3.67. The minimum Gasteiger partial charge on any atom is -0.349 e. The molecule has 2 N–H and O–H groups in total. The van der Waals surface area contributed by atoms with Crippen LogP contribution in [0.5, 0.6) is 0 Å². The fourth-order valence-corrected chi connectivity index (χ4v) is 3.77. The van der Waals surface area contributed by atoms with E-state index < -0.39 is 0 Å². The van der Waals surface area contributed by atoms with Crippen LogP contribution in [0.4, 0.5) is 11.5 Å². The van der Waals surface area contributed by atoms with Crippen molar-refractivity contribution in [3.63, 3.8) is 0 Å². The van der Waals surface area contributed by atoms with Crippen LogP contribution >= 0.6 is 0 Å². The molecular weight excluding hydrogens is 386 g/mol. The van der Waals surface area contributed by atoms with Gasteiger partial charge in [0.05, 0.1) is 11.4 Å². The number of nitrogens with one attached hydrogen (secondary N) is 2. The zero-order chi connectivity index (χ0) is 20.8. The average Bonchev–Trinajstić information content (AvgIpc) is 3.74. The van der Waals surface area contributed by atoms with E-state index in [2.05, 4.69) is 28.8 Å². The number of anilines is 2. The van der Waals surface area contributed by atoms with Gasteiger partial charge in [0.1, 0.15) is 5.82 Å².